The van der Waals surface area contributed by atoms with Crippen molar-refractivity contribution < 1.29 is 9.53 Å². The molecule has 1 heterocycles. The number of fused-ring (bicyclic) bond motifs is 1. The fourth-order valence-corrected chi connectivity index (χ4v) is 3.79. The Morgan fingerprint density at radius 1 is 0.824 bits per heavy atom. The molecule has 1 aromatic heterocycles. The molecular formula is C29H21N3O2. The molecule has 0 saturated heterocycles. The molecule has 0 atom stereocenters. The topological polar surface area (TPSA) is 64.1 Å². The lowest BCUT2D eigenvalue weighted by Crippen LogP contribution is -2.07. The molecule has 1 N–H and O–H groups in total. The number of amides is 1. The quantitative estimate of drug-likeness (QED) is 0.291. The lowest BCUT2D eigenvalue weighted by atomic mass is 9.96. The van der Waals surface area contributed by atoms with Gasteiger partial charge in [-0.1, -0.05) is 49.0 Å². The van der Waals surface area contributed by atoms with Crippen molar-refractivity contribution in [3.8, 4) is 33.8 Å². The molecule has 0 aliphatic heterocycles. The number of aromatic nitrogens is 2. The largest absolute Gasteiger partial charge is 0.457 e. The highest BCUT2D eigenvalue weighted by atomic mass is 16.5. The molecule has 164 valence electrons. The Morgan fingerprint density at radius 3 is 2.41 bits per heavy atom. The fourth-order valence-electron chi connectivity index (χ4n) is 3.79. The number of nitrogens with one attached hydrogen (secondary N) is 1. The van der Waals surface area contributed by atoms with Crippen LogP contribution in [-0.2, 0) is 4.79 Å². The zero-order valence-corrected chi connectivity index (χ0v) is 18.3. The lowest BCUT2D eigenvalue weighted by Gasteiger charge is -2.12. The summed E-state index contributed by atoms with van der Waals surface area (Å²) in [4.78, 5) is 20.5. The summed E-state index contributed by atoms with van der Waals surface area (Å²) in [6, 6.07) is 29.6. The van der Waals surface area contributed by atoms with Crippen LogP contribution in [0.5, 0.6) is 11.5 Å². The first-order valence-corrected chi connectivity index (χ1v) is 10.8. The van der Waals surface area contributed by atoms with Crippen molar-refractivity contribution >= 4 is 22.5 Å². The van der Waals surface area contributed by atoms with Gasteiger partial charge in [0.15, 0.2) is 0 Å². The molecule has 0 radical (unpaired) electrons. The van der Waals surface area contributed by atoms with Crippen LogP contribution in [-0.4, -0.2) is 15.9 Å². The second-order valence-electron chi connectivity index (χ2n) is 7.70. The molecule has 5 nitrogen and oxygen atoms in total. The second-order valence-corrected chi connectivity index (χ2v) is 7.70. The van der Waals surface area contributed by atoms with Gasteiger partial charge in [0.05, 0.1) is 5.52 Å². The van der Waals surface area contributed by atoms with Gasteiger partial charge in [0, 0.05) is 22.8 Å². The normalized spacial score (nSPS) is 10.6. The maximum absolute atomic E-state index is 11.8. The molecule has 0 fully saturated rings. The van der Waals surface area contributed by atoms with E-state index in [1.165, 1.54) is 6.08 Å². The van der Waals surface area contributed by atoms with E-state index in [-0.39, 0.29) is 5.91 Å². The van der Waals surface area contributed by atoms with Crippen LogP contribution in [0.3, 0.4) is 0 Å². The Kier molecular flexibility index (Phi) is 5.82. The minimum atomic E-state index is -0.254. The van der Waals surface area contributed by atoms with Gasteiger partial charge < -0.3 is 10.1 Å². The summed E-state index contributed by atoms with van der Waals surface area (Å²) < 4.78 is 5.93. The standard InChI is InChI=1S/C29H21N3O2/c1-2-28(33)32-24-8-6-7-21(16-24)27-17-22(15-23-18-30-19-31-29(23)27)20-11-13-26(14-12-20)34-25-9-4-3-5-10-25/h2-19H,1H2,(H,32,33). The van der Waals surface area contributed by atoms with E-state index in [4.69, 9.17) is 4.74 Å². The van der Waals surface area contributed by atoms with E-state index >= 15 is 0 Å². The minimum Gasteiger partial charge on any atom is -0.457 e. The van der Waals surface area contributed by atoms with E-state index in [0.717, 1.165) is 44.7 Å². The molecule has 0 saturated carbocycles. The maximum atomic E-state index is 11.8. The van der Waals surface area contributed by atoms with Gasteiger partial charge in [-0.05, 0) is 71.3 Å². The van der Waals surface area contributed by atoms with Gasteiger partial charge in [-0.15, -0.1) is 0 Å². The van der Waals surface area contributed by atoms with Crippen LogP contribution < -0.4 is 10.1 Å². The first-order valence-electron chi connectivity index (χ1n) is 10.8. The summed E-state index contributed by atoms with van der Waals surface area (Å²) in [6.45, 7) is 3.52. The third-order valence-electron chi connectivity index (χ3n) is 5.40. The fraction of sp³-hybridized carbons (Fsp3) is 0. The number of rotatable bonds is 6. The van der Waals surface area contributed by atoms with Gasteiger partial charge in [0.1, 0.15) is 17.8 Å². The van der Waals surface area contributed by atoms with Crippen molar-refractivity contribution in [3.05, 3.63) is 116 Å². The zero-order valence-electron chi connectivity index (χ0n) is 18.3. The number of hydrogen-bond acceptors (Lipinski definition) is 4. The third-order valence-corrected chi connectivity index (χ3v) is 5.40. The molecule has 0 aliphatic rings. The predicted molar refractivity (Wildman–Crippen MR) is 136 cm³/mol. The maximum Gasteiger partial charge on any atom is 0.247 e. The van der Waals surface area contributed by atoms with Crippen LogP contribution in [0.4, 0.5) is 5.69 Å². The van der Waals surface area contributed by atoms with Gasteiger partial charge in [0.2, 0.25) is 5.91 Å². The van der Waals surface area contributed by atoms with Crippen LogP contribution in [0.1, 0.15) is 0 Å². The highest BCUT2D eigenvalue weighted by molar-refractivity contribution is 6.01. The SMILES string of the molecule is C=CC(=O)Nc1cccc(-c2cc(-c3ccc(Oc4ccccc4)cc3)cc3cncnc23)c1. The average molecular weight is 444 g/mol. The Hall–Kier alpha value is -4.77. The van der Waals surface area contributed by atoms with Crippen molar-refractivity contribution in [1.29, 1.82) is 0 Å². The first-order chi connectivity index (χ1) is 16.7. The molecule has 0 bridgehead atoms. The zero-order chi connectivity index (χ0) is 23.3. The molecule has 0 unspecified atom stereocenters. The molecule has 1 amide bonds. The molecule has 0 spiro atoms. The van der Waals surface area contributed by atoms with E-state index in [2.05, 4.69) is 34.0 Å². The summed E-state index contributed by atoms with van der Waals surface area (Å²) in [5.74, 6) is 1.31. The van der Waals surface area contributed by atoms with Crippen LogP contribution in [0, 0.1) is 0 Å². The highest BCUT2D eigenvalue weighted by Gasteiger charge is 2.11. The Morgan fingerprint density at radius 2 is 1.62 bits per heavy atom. The number of carbonyl (C=O) groups is 1. The average Bonchev–Trinajstić information content (AvgIpc) is 2.89. The summed E-state index contributed by atoms with van der Waals surface area (Å²) in [5, 5.41) is 3.75. The number of carbonyl (C=O) groups excluding carboxylic acids is 1. The van der Waals surface area contributed by atoms with Gasteiger partial charge in [-0.2, -0.15) is 0 Å². The van der Waals surface area contributed by atoms with Gasteiger partial charge >= 0.3 is 0 Å². The number of nitrogens with zero attached hydrogens (tertiary/aromatic N) is 2. The van der Waals surface area contributed by atoms with Gasteiger partial charge in [0.25, 0.3) is 0 Å². The Balaban J connectivity index is 1.53. The van der Waals surface area contributed by atoms with E-state index in [9.17, 15) is 4.79 Å². The Bertz CT molecular complexity index is 1480. The van der Waals surface area contributed by atoms with Crippen LogP contribution >= 0.6 is 0 Å². The summed E-state index contributed by atoms with van der Waals surface area (Å²) in [7, 11) is 0. The highest BCUT2D eigenvalue weighted by Crippen LogP contribution is 2.34. The number of hydrogen-bond donors (Lipinski definition) is 1. The van der Waals surface area contributed by atoms with E-state index in [1.54, 1.807) is 6.33 Å². The number of benzene rings is 4. The molecule has 5 rings (SSSR count). The summed E-state index contributed by atoms with van der Waals surface area (Å²) >= 11 is 0. The smallest absolute Gasteiger partial charge is 0.247 e. The van der Waals surface area contributed by atoms with Crippen LogP contribution in [0.25, 0.3) is 33.2 Å². The minimum absolute atomic E-state index is 0.254. The first kappa shape index (κ1) is 21.1. The number of anilines is 1. The van der Waals surface area contributed by atoms with Crippen molar-refractivity contribution in [2.75, 3.05) is 5.32 Å². The van der Waals surface area contributed by atoms with Crippen molar-refractivity contribution in [3.63, 3.8) is 0 Å². The second kappa shape index (κ2) is 9.38. The molecule has 34 heavy (non-hydrogen) atoms. The van der Waals surface area contributed by atoms with Crippen molar-refractivity contribution in [2.45, 2.75) is 0 Å². The number of ether oxygens (including phenoxy) is 1. The number of para-hydroxylation sites is 1. The van der Waals surface area contributed by atoms with Crippen molar-refractivity contribution in [2.24, 2.45) is 0 Å². The molecule has 5 aromatic rings. The van der Waals surface area contributed by atoms with Crippen LogP contribution in [0.15, 0.2) is 116 Å². The molecular weight excluding hydrogens is 422 g/mol. The molecule has 0 aliphatic carbocycles. The monoisotopic (exact) mass is 443 g/mol. The molecule has 5 heteroatoms. The van der Waals surface area contributed by atoms with Crippen molar-refractivity contribution in [1.82, 2.24) is 9.97 Å². The summed E-state index contributed by atoms with van der Waals surface area (Å²) in [6.07, 6.45) is 4.61. The van der Waals surface area contributed by atoms with Gasteiger partial charge in [-0.3, -0.25) is 4.79 Å². The van der Waals surface area contributed by atoms with Gasteiger partial charge in [-0.25, -0.2) is 9.97 Å². The van der Waals surface area contributed by atoms with E-state index in [0.29, 0.717) is 5.69 Å². The predicted octanol–water partition coefficient (Wildman–Crippen LogP) is 6.88. The molecule has 4 aromatic carbocycles. The van der Waals surface area contributed by atoms with E-state index in [1.807, 2.05) is 85.1 Å². The summed E-state index contributed by atoms with van der Waals surface area (Å²) in [5.41, 5.74) is 5.51. The Labute approximate surface area is 197 Å². The van der Waals surface area contributed by atoms with E-state index < -0.39 is 0 Å². The lowest BCUT2D eigenvalue weighted by molar-refractivity contribution is -0.111. The third kappa shape index (κ3) is 4.54. The van der Waals surface area contributed by atoms with Crippen LogP contribution in [0.2, 0.25) is 0 Å².